The topological polar surface area (TPSA) is 75.8 Å². The zero-order valence-corrected chi connectivity index (χ0v) is 15.1. The van der Waals surface area contributed by atoms with Gasteiger partial charge in [-0.05, 0) is 29.8 Å². The number of aromatic nitrogens is 2. The molecule has 2 aromatic carbocycles. The van der Waals surface area contributed by atoms with Gasteiger partial charge in [0.15, 0.2) is 17.3 Å². The normalized spacial score (nSPS) is 10.5. The van der Waals surface area contributed by atoms with Crippen LogP contribution in [0.15, 0.2) is 40.9 Å². The minimum Gasteiger partial charge on any atom is -0.497 e. The number of hydrogen-bond donors (Lipinski definition) is 0. The molecule has 136 valence electrons. The molecule has 7 nitrogen and oxygen atoms in total. The van der Waals surface area contributed by atoms with Gasteiger partial charge in [-0.3, -0.25) is 0 Å². The first kappa shape index (κ1) is 17.6. The molecule has 0 saturated heterocycles. The van der Waals surface area contributed by atoms with Crippen LogP contribution in [-0.2, 0) is 6.42 Å². The Balaban J connectivity index is 1.85. The van der Waals surface area contributed by atoms with Crippen molar-refractivity contribution < 1.29 is 23.5 Å². The van der Waals surface area contributed by atoms with Gasteiger partial charge in [0.1, 0.15) is 11.5 Å². The van der Waals surface area contributed by atoms with Crippen LogP contribution in [0.2, 0.25) is 0 Å². The molecular weight excluding hydrogens is 336 g/mol. The number of rotatable bonds is 7. The number of nitrogens with zero attached hydrogens (tertiary/aromatic N) is 2. The van der Waals surface area contributed by atoms with Crippen LogP contribution in [0.5, 0.6) is 23.0 Å². The molecule has 1 aromatic heterocycles. The fraction of sp³-hybridized carbons (Fsp3) is 0.263. The second kappa shape index (κ2) is 7.77. The highest BCUT2D eigenvalue weighted by molar-refractivity contribution is 5.64. The fourth-order valence-corrected chi connectivity index (χ4v) is 2.58. The monoisotopic (exact) mass is 356 g/mol. The molecule has 0 spiro atoms. The molecule has 0 amide bonds. The zero-order valence-electron chi connectivity index (χ0n) is 15.1. The summed E-state index contributed by atoms with van der Waals surface area (Å²) in [7, 11) is 6.39. The van der Waals surface area contributed by atoms with Gasteiger partial charge < -0.3 is 23.5 Å². The lowest BCUT2D eigenvalue weighted by Gasteiger charge is -2.08. The molecule has 1 heterocycles. The summed E-state index contributed by atoms with van der Waals surface area (Å²) in [5.41, 5.74) is 1.69. The lowest BCUT2D eigenvalue weighted by atomic mass is 10.1. The van der Waals surface area contributed by atoms with Crippen molar-refractivity contribution in [3.63, 3.8) is 0 Å². The molecule has 0 saturated carbocycles. The lowest BCUT2D eigenvalue weighted by Crippen LogP contribution is -1.95. The SMILES string of the molecule is COc1ccc(-c2nc(Cc3ccc(OC)c(OC)c3)no2)c(OC)c1. The van der Waals surface area contributed by atoms with Crippen molar-refractivity contribution in [2.75, 3.05) is 28.4 Å². The maximum atomic E-state index is 5.40. The van der Waals surface area contributed by atoms with E-state index in [0.717, 1.165) is 5.56 Å². The Bertz CT molecular complexity index is 891. The molecule has 0 unspecified atom stereocenters. The van der Waals surface area contributed by atoms with Crippen LogP contribution in [0.1, 0.15) is 11.4 Å². The molecule has 7 heteroatoms. The maximum Gasteiger partial charge on any atom is 0.261 e. The van der Waals surface area contributed by atoms with Crippen molar-refractivity contribution in [3.05, 3.63) is 47.8 Å². The molecule has 3 aromatic rings. The molecule has 0 radical (unpaired) electrons. The Morgan fingerprint density at radius 2 is 1.58 bits per heavy atom. The molecule has 0 fully saturated rings. The Morgan fingerprint density at radius 1 is 0.808 bits per heavy atom. The molecule has 26 heavy (non-hydrogen) atoms. The molecule has 3 rings (SSSR count). The molecule has 0 bridgehead atoms. The fourth-order valence-electron chi connectivity index (χ4n) is 2.58. The van der Waals surface area contributed by atoms with Crippen molar-refractivity contribution in [3.8, 4) is 34.5 Å². The number of hydrogen-bond acceptors (Lipinski definition) is 7. The first-order valence-electron chi connectivity index (χ1n) is 7.94. The molecule has 0 aliphatic heterocycles. The Kier molecular flexibility index (Phi) is 5.26. The third kappa shape index (κ3) is 3.56. The minimum absolute atomic E-state index is 0.389. The Hall–Kier alpha value is -3.22. The largest absolute Gasteiger partial charge is 0.497 e. The smallest absolute Gasteiger partial charge is 0.261 e. The van der Waals surface area contributed by atoms with Gasteiger partial charge in [0.2, 0.25) is 0 Å². The summed E-state index contributed by atoms with van der Waals surface area (Å²) in [6, 6.07) is 11.1. The maximum absolute atomic E-state index is 5.40. The van der Waals surface area contributed by atoms with Gasteiger partial charge in [0.25, 0.3) is 5.89 Å². The van der Waals surface area contributed by atoms with E-state index in [1.807, 2.05) is 30.3 Å². The van der Waals surface area contributed by atoms with Crippen molar-refractivity contribution in [2.45, 2.75) is 6.42 Å². The van der Waals surface area contributed by atoms with E-state index in [4.69, 9.17) is 23.5 Å². The van der Waals surface area contributed by atoms with Crippen LogP contribution in [-0.4, -0.2) is 38.6 Å². The summed E-state index contributed by atoms with van der Waals surface area (Å²) in [6.07, 6.45) is 0.502. The van der Waals surface area contributed by atoms with Crippen LogP contribution in [0.4, 0.5) is 0 Å². The van der Waals surface area contributed by atoms with Crippen LogP contribution in [0.3, 0.4) is 0 Å². The highest BCUT2D eigenvalue weighted by Crippen LogP contribution is 2.33. The number of benzene rings is 2. The van der Waals surface area contributed by atoms with E-state index in [9.17, 15) is 0 Å². The molecule has 0 aliphatic carbocycles. The average molecular weight is 356 g/mol. The van der Waals surface area contributed by atoms with Crippen LogP contribution >= 0.6 is 0 Å². The highest BCUT2D eigenvalue weighted by atomic mass is 16.5. The standard InChI is InChI=1S/C19H20N2O5/c1-22-13-6-7-14(16(11-13)24-3)19-20-18(21-26-19)10-12-5-8-15(23-2)17(9-12)25-4/h5-9,11H,10H2,1-4H3. The van der Waals surface area contributed by atoms with E-state index in [1.165, 1.54) is 0 Å². The van der Waals surface area contributed by atoms with Crippen molar-refractivity contribution in [1.82, 2.24) is 10.1 Å². The summed E-state index contributed by atoms with van der Waals surface area (Å²) < 4.78 is 26.6. The summed E-state index contributed by atoms with van der Waals surface area (Å²) in [4.78, 5) is 4.47. The quantitative estimate of drug-likeness (QED) is 0.642. The molecule has 0 aliphatic rings. The molecule has 0 N–H and O–H groups in total. The summed E-state index contributed by atoms with van der Waals surface area (Å²) in [5, 5.41) is 4.06. The first-order valence-corrected chi connectivity index (χ1v) is 7.94. The van der Waals surface area contributed by atoms with E-state index in [2.05, 4.69) is 10.1 Å². The summed E-state index contributed by atoms with van der Waals surface area (Å²) >= 11 is 0. The minimum atomic E-state index is 0.389. The highest BCUT2D eigenvalue weighted by Gasteiger charge is 2.15. The molecular formula is C19H20N2O5. The third-order valence-corrected chi connectivity index (χ3v) is 3.92. The van der Waals surface area contributed by atoms with E-state index >= 15 is 0 Å². The van der Waals surface area contributed by atoms with Crippen LogP contribution in [0.25, 0.3) is 11.5 Å². The van der Waals surface area contributed by atoms with Crippen LogP contribution < -0.4 is 18.9 Å². The second-order valence-corrected chi connectivity index (χ2v) is 5.45. The van der Waals surface area contributed by atoms with E-state index in [-0.39, 0.29) is 0 Å². The third-order valence-electron chi connectivity index (χ3n) is 3.92. The van der Waals surface area contributed by atoms with Gasteiger partial charge in [0.05, 0.1) is 34.0 Å². The van der Waals surface area contributed by atoms with Gasteiger partial charge in [-0.2, -0.15) is 4.98 Å². The second-order valence-electron chi connectivity index (χ2n) is 5.45. The summed E-state index contributed by atoms with van der Waals surface area (Å²) in [6.45, 7) is 0. The molecule has 0 atom stereocenters. The zero-order chi connectivity index (χ0) is 18.5. The van der Waals surface area contributed by atoms with Gasteiger partial charge in [-0.1, -0.05) is 11.2 Å². The van der Waals surface area contributed by atoms with Gasteiger partial charge >= 0.3 is 0 Å². The summed E-state index contributed by atoms with van der Waals surface area (Å²) in [5.74, 6) is 3.57. The Labute approximate surface area is 151 Å². The van der Waals surface area contributed by atoms with Crippen molar-refractivity contribution >= 4 is 0 Å². The van der Waals surface area contributed by atoms with E-state index < -0.39 is 0 Å². The number of methoxy groups -OCH3 is 4. The van der Waals surface area contributed by atoms with Crippen molar-refractivity contribution in [1.29, 1.82) is 0 Å². The van der Waals surface area contributed by atoms with Gasteiger partial charge in [0, 0.05) is 12.5 Å². The van der Waals surface area contributed by atoms with E-state index in [0.29, 0.717) is 46.7 Å². The van der Waals surface area contributed by atoms with Gasteiger partial charge in [-0.25, -0.2) is 0 Å². The van der Waals surface area contributed by atoms with E-state index in [1.54, 1.807) is 34.5 Å². The van der Waals surface area contributed by atoms with Crippen molar-refractivity contribution in [2.24, 2.45) is 0 Å². The van der Waals surface area contributed by atoms with Crippen LogP contribution in [0, 0.1) is 0 Å². The predicted octanol–water partition coefficient (Wildman–Crippen LogP) is 3.36. The lowest BCUT2D eigenvalue weighted by molar-refractivity contribution is 0.354. The predicted molar refractivity (Wildman–Crippen MR) is 95.2 cm³/mol. The van der Waals surface area contributed by atoms with Gasteiger partial charge in [-0.15, -0.1) is 0 Å². The first-order chi connectivity index (χ1) is 12.7. The Morgan fingerprint density at radius 3 is 2.27 bits per heavy atom. The average Bonchev–Trinajstić information content (AvgIpc) is 3.15. The number of ether oxygens (including phenoxy) is 4.